The van der Waals surface area contributed by atoms with E-state index >= 15 is 0 Å². The Hall–Kier alpha value is -2.28. The third-order valence-electron chi connectivity index (χ3n) is 3.72. The van der Waals surface area contributed by atoms with Gasteiger partial charge in [-0.3, -0.25) is 4.79 Å². The largest absolute Gasteiger partial charge is 0.497 e. The highest BCUT2D eigenvalue weighted by atomic mass is 35.5. The van der Waals surface area contributed by atoms with Crippen LogP contribution in [0.15, 0.2) is 48.7 Å². The summed E-state index contributed by atoms with van der Waals surface area (Å²) < 4.78 is 5.10. The minimum absolute atomic E-state index is 0.143. The summed E-state index contributed by atoms with van der Waals surface area (Å²) >= 11 is 13.5. The first-order chi connectivity index (χ1) is 13.0. The second-order valence-electron chi connectivity index (χ2n) is 5.67. The van der Waals surface area contributed by atoms with E-state index < -0.39 is 0 Å². The van der Waals surface area contributed by atoms with Crippen LogP contribution in [0.3, 0.4) is 0 Å². The van der Waals surface area contributed by atoms with Crippen molar-refractivity contribution >= 4 is 51.3 Å². The van der Waals surface area contributed by atoms with E-state index in [1.54, 1.807) is 25.4 Å². The number of benzene rings is 2. The van der Waals surface area contributed by atoms with Crippen molar-refractivity contribution < 1.29 is 9.53 Å². The molecule has 2 aromatic carbocycles. The zero-order valence-electron chi connectivity index (χ0n) is 14.5. The van der Waals surface area contributed by atoms with Crippen LogP contribution < -0.4 is 15.4 Å². The lowest BCUT2D eigenvalue weighted by Crippen LogP contribution is -2.21. The first-order valence-corrected chi connectivity index (χ1v) is 9.67. The molecule has 1 aromatic heterocycles. The van der Waals surface area contributed by atoms with Crippen LogP contribution in [-0.2, 0) is 11.2 Å². The van der Waals surface area contributed by atoms with E-state index in [2.05, 4.69) is 15.6 Å². The van der Waals surface area contributed by atoms with Gasteiger partial charge in [-0.25, -0.2) is 4.98 Å². The summed E-state index contributed by atoms with van der Waals surface area (Å²) in [6.45, 7) is 0.143. The third-order valence-corrected chi connectivity index (χ3v) is 5.22. The van der Waals surface area contributed by atoms with E-state index in [0.29, 0.717) is 21.6 Å². The molecule has 0 saturated heterocycles. The van der Waals surface area contributed by atoms with Crippen LogP contribution in [0.5, 0.6) is 5.75 Å². The minimum atomic E-state index is -0.170. The van der Waals surface area contributed by atoms with Gasteiger partial charge in [-0.2, -0.15) is 0 Å². The van der Waals surface area contributed by atoms with E-state index in [9.17, 15) is 4.79 Å². The Kier molecular flexibility index (Phi) is 6.55. The molecule has 140 valence electrons. The third kappa shape index (κ3) is 5.60. The first kappa shape index (κ1) is 19.5. The van der Waals surface area contributed by atoms with E-state index in [0.717, 1.165) is 21.9 Å². The molecule has 0 atom stereocenters. The number of hydrogen-bond acceptors (Lipinski definition) is 5. The number of ether oxygens (including phenoxy) is 1. The van der Waals surface area contributed by atoms with Crippen LogP contribution in [0.1, 0.15) is 10.4 Å². The number of rotatable bonds is 7. The summed E-state index contributed by atoms with van der Waals surface area (Å²) in [5.74, 6) is 0.595. The van der Waals surface area contributed by atoms with Crippen molar-refractivity contribution in [1.82, 2.24) is 4.98 Å². The molecular weight excluding hydrogens is 405 g/mol. The summed E-state index contributed by atoms with van der Waals surface area (Å²) in [6, 6.07) is 12.8. The molecule has 8 heteroatoms. The number of methoxy groups -OCH3 is 1. The molecule has 1 heterocycles. The molecule has 0 aliphatic carbocycles. The Morgan fingerprint density at radius 3 is 2.67 bits per heavy atom. The molecule has 3 rings (SSSR count). The number of carbonyl (C=O) groups excluding carboxylic acids is 1. The van der Waals surface area contributed by atoms with Crippen molar-refractivity contribution in [3.8, 4) is 5.75 Å². The Labute approximate surface area is 171 Å². The average Bonchev–Trinajstić information content (AvgIpc) is 3.09. The van der Waals surface area contributed by atoms with Crippen LogP contribution in [0, 0.1) is 0 Å². The highest BCUT2D eigenvalue weighted by Crippen LogP contribution is 2.26. The predicted molar refractivity (Wildman–Crippen MR) is 111 cm³/mol. The molecule has 0 aliphatic heterocycles. The first-order valence-electron chi connectivity index (χ1n) is 8.10. The van der Waals surface area contributed by atoms with Crippen molar-refractivity contribution in [2.45, 2.75) is 6.42 Å². The van der Waals surface area contributed by atoms with Crippen molar-refractivity contribution in [2.75, 3.05) is 24.3 Å². The molecule has 3 aromatic rings. The molecule has 0 aliphatic rings. The molecule has 0 bridgehead atoms. The highest BCUT2D eigenvalue weighted by Gasteiger charge is 2.09. The zero-order chi connectivity index (χ0) is 19.2. The molecule has 27 heavy (non-hydrogen) atoms. The van der Waals surface area contributed by atoms with E-state index in [-0.39, 0.29) is 12.5 Å². The molecule has 0 fully saturated rings. The van der Waals surface area contributed by atoms with Gasteiger partial charge < -0.3 is 15.4 Å². The topological polar surface area (TPSA) is 63.2 Å². The lowest BCUT2D eigenvalue weighted by Gasteiger charge is -2.07. The predicted octanol–water partition coefficient (Wildman–Crippen LogP) is 5.10. The Bertz CT molecular complexity index is 929. The zero-order valence-corrected chi connectivity index (χ0v) is 16.8. The van der Waals surface area contributed by atoms with Crippen molar-refractivity contribution in [1.29, 1.82) is 0 Å². The van der Waals surface area contributed by atoms with Gasteiger partial charge in [-0.15, -0.1) is 11.3 Å². The fourth-order valence-corrected chi connectivity index (χ4v) is 3.68. The maximum atomic E-state index is 12.1. The lowest BCUT2D eigenvalue weighted by atomic mass is 10.1. The number of aromatic nitrogens is 1. The molecule has 0 saturated carbocycles. The number of carbonyl (C=O) groups is 1. The Morgan fingerprint density at radius 2 is 1.96 bits per heavy atom. The van der Waals surface area contributed by atoms with Crippen molar-refractivity contribution in [3.05, 3.63) is 69.1 Å². The summed E-state index contributed by atoms with van der Waals surface area (Å²) in [6.07, 6.45) is 2.37. The fourth-order valence-electron chi connectivity index (χ4n) is 2.35. The number of anilines is 2. The molecule has 0 unspecified atom stereocenters. The summed E-state index contributed by atoms with van der Waals surface area (Å²) in [5.41, 5.74) is 1.80. The molecule has 1 amide bonds. The van der Waals surface area contributed by atoms with Crippen LogP contribution in [0.4, 0.5) is 10.8 Å². The molecule has 0 radical (unpaired) electrons. The standard InChI is InChI=1S/C19H17Cl2N3O2S/c1-26-15-6-4-14(5-7-15)22-11-18(25)24-19-23-10-16(27-19)8-12-2-3-13(20)9-17(12)21/h2-7,9-10,22H,8,11H2,1H3,(H,23,24,25). The average molecular weight is 422 g/mol. The second kappa shape index (κ2) is 9.08. The smallest absolute Gasteiger partial charge is 0.245 e. The van der Waals surface area contributed by atoms with Gasteiger partial charge in [0.1, 0.15) is 5.75 Å². The highest BCUT2D eigenvalue weighted by molar-refractivity contribution is 7.15. The van der Waals surface area contributed by atoms with Crippen LogP contribution in [0.2, 0.25) is 10.0 Å². The van der Waals surface area contributed by atoms with Gasteiger partial charge in [0, 0.05) is 33.2 Å². The van der Waals surface area contributed by atoms with Gasteiger partial charge in [0.05, 0.1) is 13.7 Å². The number of hydrogen-bond donors (Lipinski definition) is 2. The quantitative estimate of drug-likeness (QED) is 0.556. The summed E-state index contributed by atoms with van der Waals surface area (Å²) in [5, 5.41) is 7.62. The number of nitrogens with zero attached hydrogens (tertiary/aromatic N) is 1. The number of halogens is 2. The normalized spacial score (nSPS) is 10.5. The van der Waals surface area contributed by atoms with E-state index in [1.807, 2.05) is 30.3 Å². The minimum Gasteiger partial charge on any atom is -0.497 e. The molecular formula is C19H17Cl2N3O2S. The fraction of sp³-hybridized carbons (Fsp3) is 0.158. The SMILES string of the molecule is COc1ccc(NCC(=O)Nc2ncc(Cc3ccc(Cl)cc3Cl)s2)cc1. The number of nitrogens with one attached hydrogen (secondary N) is 2. The number of amides is 1. The van der Waals surface area contributed by atoms with Crippen molar-refractivity contribution in [3.63, 3.8) is 0 Å². The van der Waals surface area contributed by atoms with Crippen LogP contribution >= 0.6 is 34.5 Å². The van der Waals surface area contributed by atoms with Crippen LogP contribution in [0.25, 0.3) is 0 Å². The van der Waals surface area contributed by atoms with Crippen molar-refractivity contribution in [2.24, 2.45) is 0 Å². The van der Waals surface area contributed by atoms with Gasteiger partial charge >= 0.3 is 0 Å². The van der Waals surface area contributed by atoms with Gasteiger partial charge in [0.15, 0.2) is 5.13 Å². The second-order valence-corrected chi connectivity index (χ2v) is 7.63. The maximum Gasteiger partial charge on any atom is 0.245 e. The van der Waals surface area contributed by atoms with E-state index in [4.69, 9.17) is 27.9 Å². The Morgan fingerprint density at radius 1 is 1.19 bits per heavy atom. The lowest BCUT2D eigenvalue weighted by molar-refractivity contribution is -0.114. The van der Waals surface area contributed by atoms with Gasteiger partial charge in [-0.05, 0) is 42.0 Å². The summed E-state index contributed by atoms with van der Waals surface area (Å²) in [4.78, 5) is 17.3. The summed E-state index contributed by atoms with van der Waals surface area (Å²) in [7, 11) is 1.61. The van der Waals surface area contributed by atoms with Gasteiger partial charge in [0.25, 0.3) is 0 Å². The van der Waals surface area contributed by atoms with Gasteiger partial charge in [-0.1, -0.05) is 29.3 Å². The van der Waals surface area contributed by atoms with Crippen LogP contribution in [-0.4, -0.2) is 24.5 Å². The maximum absolute atomic E-state index is 12.1. The molecule has 2 N–H and O–H groups in total. The Balaban J connectivity index is 1.52. The molecule has 0 spiro atoms. The monoisotopic (exact) mass is 421 g/mol. The van der Waals surface area contributed by atoms with E-state index in [1.165, 1.54) is 11.3 Å². The van der Waals surface area contributed by atoms with Gasteiger partial charge in [0.2, 0.25) is 5.91 Å². The molecule has 5 nitrogen and oxygen atoms in total. The number of thiazole rings is 1.